The molecule has 1 saturated carbocycles. The van der Waals surface area contributed by atoms with Gasteiger partial charge in [-0.25, -0.2) is 0 Å². The van der Waals surface area contributed by atoms with Gasteiger partial charge >= 0.3 is 0 Å². The summed E-state index contributed by atoms with van der Waals surface area (Å²) in [6.45, 7) is 2.51. The van der Waals surface area contributed by atoms with Gasteiger partial charge in [0.1, 0.15) is 0 Å². The quantitative estimate of drug-likeness (QED) is 0.841. The lowest BCUT2D eigenvalue weighted by Gasteiger charge is -2.38. The molecule has 2 saturated heterocycles. The summed E-state index contributed by atoms with van der Waals surface area (Å²) in [7, 11) is 0. The van der Waals surface area contributed by atoms with Crippen molar-refractivity contribution in [2.24, 2.45) is 11.3 Å². The van der Waals surface area contributed by atoms with Crippen LogP contribution in [0, 0.1) is 11.3 Å². The van der Waals surface area contributed by atoms with Crippen molar-refractivity contribution in [3.05, 3.63) is 0 Å². The summed E-state index contributed by atoms with van der Waals surface area (Å²) in [5.74, 6) is 1.16. The number of hydrogen-bond donors (Lipinski definition) is 1. The van der Waals surface area contributed by atoms with Gasteiger partial charge in [0.05, 0.1) is 0 Å². The first-order valence-electron chi connectivity index (χ1n) is 8.21. The molecule has 112 valence electrons. The fraction of sp³-hybridized carbons (Fsp3) is 0.875. The molecule has 4 nitrogen and oxygen atoms in total. The fourth-order valence-electron chi connectivity index (χ4n) is 4.10. The first-order valence-corrected chi connectivity index (χ1v) is 8.21. The van der Waals surface area contributed by atoms with Crippen LogP contribution >= 0.6 is 0 Å². The molecule has 0 bridgehead atoms. The van der Waals surface area contributed by atoms with Gasteiger partial charge in [0.25, 0.3) is 0 Å². The van der Waals surface area contributed by atoms with Crippen LogP contribution in [0.2, 0.25) is 0 Å². The molecular weight excluding hydrogens is 252 g/mol. The smallest absolute Gasteiger partial charge is 0.222 e. The largest absolute Gasteiger partial charge is 0.356 e. The lowest BCUT2D eigenvalue weighted by atomic mass is 9.77. The molecule has 3 aliphatic rings. The third-order valence-electron chi connectivity index (χ3n) is 5.56. The molecule has 3 rings (SSSR count). The highest BCUT2D eigenvalue weighted by Crippen LogP contribution is 2.38. The van der Waals surface area contributed by atoms with E-state index in [4.69, 9.17) is 0 Å². The monoisotopic (exact) mass is 278 g/mol. The molecule has 1 aliphatic carbocycles. The standard InChI is InChI=1S/C16H26N2O2/c19-14-11-16(12-17-14)6-8-18(9-7-16)15(20)10-13-4-2-1-3-5-13/h13H,1-12H2,(H,17,19). The second kappa shape index (κ2) is 5.74. The number of amides is 2. The zero-order valence-electron chi connectivity index (χ0n) is 12.3. The average Bonchev–Trinajstić information content (AvgIpc) is 2.81. The third kappa shape index (κ3) is 2.99. The van der Waals surface area contributed by atoms with Crippen molar-refractivity contribution >= 4 is 11.8 Å². The van der Waals surface area contributed by atoms with Crippen LogP contribution in [0.4, 0.5) is 0 Å². The van der Waals surface area contributed by atoms with Crippen molar-refractivity contribution in [1.82, 2.24) is 10.2 Å². The van der Waals surface area contributed by atoms with Crippen molar-refractivity contribution in [2.45, 2.75) is 57.8 Å². The third-order valence-corrected chi connectivity index (χ3v) is 5.56. The van der Waals surface area contributed by atoms with Crippen molar-refractivity contribution < 1.29 is 9.59 Å². The molecule has 0 aromatic heterocycles. The van der Waals surface area contributed by atoms with E-state index in [1.165, 1.54) is 32.1 Å². The summed E-state index contributed by atoms with van der Waals surface area (Å²) in [6, 6.07) is 0. The van der Waals surface area contributed by atoms with E-state index in [0.717, 1.165) is 38.9 Å². The molecule has 0 aromatic rings. The van der Waals surface area contributed by atoms with E-state index in [0.29, 0.717) is 18.2 Å². The zero-order chi connectivity index (χ0) is 14.0. The highest BCUT2D eigenvalue weighted by Gasteiger charge is 2.41. The summed E-state index contributed by atoms with van der Waals surface area (Å²) in [5.41, 5.74) is 0.151. The van der Waals surface area contributed by atoms with E-state index in [9.17, 15) is 9.59 Å². The van der Waals surface area contributed by atoms with Gasteiger partial charge in [-0.2, -0.15) is 0 Å². The molecule has 0 unspecified atom stereocenters. The first-order chi connectivity index (χ1) is 9.67. The molecule has 2 heterocycles. The number of rotatable bonds is 2. The Kier molecular flexibility index (Phi) is 3.99. The minimum atomic E-state index is 0.151. The second-order valence-electron chi connectivity index (χ2n) is 7.04. The maximum atomic E-state index is 12.4. The molecule has 0 radical (unpaired) electrons. The van der Waals surface area contributed by atoms with Crippen LogP contribution in [0.1, 0.15) is 57.8 Å². The van der Waals surface area contributed by atoms with E-state index in [1.807, 2.05) is 4.90 Å². The van der Waals surface area contributed by atoms with E-state index in [1.54, 1.807) is 0 Å². The zero-order valence-corrected chi connectivity index (χ0v) is 12.3. The first kappa shape index (κ1) is 13.9. The van der Waals surface area contributed by atoms with Crippen LogP contribution in [0.5, 0.6) is 0 Å². The van der Waals surface area contributed by atoms with Crippen LogP contribution in [-0.4, -0.2) is 36.3 Å². The SMILES string of the molecule is O=C1CC2(CCN(C(=O)CC3CCCCC3)CC2)CN1. The highest BCUT2D eigenvalue weighted by atomic mass is 16.2. The van der Waals surface area contributed by atoms with Gasteiger partial charge in [-0.05, 0) is 37.0 Å². The average molecular weight is 278 g/mol. The number of nitrogens with one attached hydrogen (secondary N) is 1. The molecule has 2 amide bonds. The Morgan fingerprint density at radius 3 is 2.50 bits per heavy atom. The van der Waals surface area contributed by atoms with Gasteiger partial charge in [0.2, 0.25) is 11.8 Å². The van der Waals surface area contributed by atoms with Crippen molar-refractivity contribution in [1.29, 1.82) is 0 Å². The summed E-state index contributed by atoms with van der Waals surface area (Å²) >= 11 is 0. The van der Waals surface area contributed by atoms with Gasteiger partial charge in [-0.1, -0.05) is 19.3 Å². The van der Waals surface area contributed by atoms with E-state index in [2.05, 4.69) is 5.32 Å². The Hall–Kier alpha value is -1.06. The van der Waals surface area contributed by atoms with Gasteiger partial charge in [-0.3, -0.25) is 9.59 Å². The second-order valence-corrected chi connectivity index (χ2v) is 7.04. The number of carbonyl (C=O) groups excluding carboxylic acids is 2. The summed E-state index contributed by atoms with van der Waals surface area (Å²) in [5, 5.41) is 2.95. The van der Waals surface area contributed by atoms with Crippen molar-refractivity contribution in [3.8, 4) is 0 Å². The molecule has 2 aliphatic heterocycles. The van der Waals surface area contributed by atoms with Crippen LogP contribution in [0.25, 0.3) is 0 Å². The van der Waals surface area contributed by atoms with Crippen LogP contribution in [-0.2, 0) is 9.59 Å². The summed E-state index contributed by atoms with van der Waals surface area (Å²) < 4.78 is 0. The minimum Gasteiger partial charge on any atom is -0.356 e. The number of piperidine rings is 1. The van der Waals surface area contributed by atoms with Gasteiger partial charge < -0.3 is 10.2 Å². The maximum absolute atomic E-state index is 12.4. The minimum absolute atomic E-state index is 0.151. The van der Waals surface area contributed by atoms with Gasteiger partial charge in [0.15, 0.2) is 0 Å². The molecular formula is C16H26N2O2. The van der Waals surface area contributed by atoms with Crippen molar-refractivity contribution in [2.75, 3.05) is 19.6 Å². The Morgan fingerprint density at radius 2 is 1.90 bits per heavy atom. The predicted octanol–water partition coefficient (Wildman–Crippen LogP) is 2.09. The molecule has 0 aromatic carbocycles. The Balaban J connectivity index is 1.47. The highest BCUT2D eigenvalue weighted by molar-refractivity contribution is 5.79. The van der Waals surface area contributed by atoms with E-state index in [-0.39, 0.29) is 11.3 Å². The van der Waals surface area contributed by atoms with E-state index >= 15 is 0 Å². The normalized spacial score (nSPS) is 26.8. The number of hydrogen-bond acceptors (Lipinski definition) is 2. The van der Waals surface area contributed by atoms with Crippen molar-refractivity contribution in [3.63, 3.8) is 0 Å². The Bertz CT molecular complexity index is 380. The number of nitrogens with zero attached hydrogens (tertiary/aromatic N) is 1. The Morgan fingerprint density at radius 1 is 1.20 bits per heavy atom. The van der Waals surface area contributed by atoms with Crippen LogP contribution < -0.4 is 5.32 Å². The summed E-state index contributed by atoms with van der Waals surface area (Å²) in [4.78, 5) is 25.8. The molecule has 1 spiro atoms. The molecule has 4 heteroatoms. The number of carbonyl (C=O) groups is 2. The summed E-state index contributed by atoms with van der Waals surface area (Å²) in [6.07, 6.45) is 9.82. The fourth-order valence-corrected chi connectivity index (χ4v) is 4.10. The molecule has 0 atom stereocenters. The van der Waals surface area contributed by atoms with Gasteiger partial charge in [0, 0.05) is 32.5 Å². The van der Waals surface area contributed by atoms with Gasteiger partial charge in [-0.15, -0.1) is 0 Å². The Labute approximate surface area is 121 Å². The maximum Gasteiger partial charge on any atom is 0.222 e. The molecule has 3 fully saturated rings. The lowest BCUT2D eigenvalue weighted by molar-refractivity contribution is -0.134. The molecule has 20 heavy (non-hydrogen) atoms. The molecule has 1 N–H and O–H groups in total. The van der Waals surface area contributed by atoms with Crippen LogP contribution in [0.3, 0.4) is 0 Å². The predicted molar refractivity (Wildman–Crippen MR) is 77.1 cm³/mol. The topological polar surface area (TPSA) is 49.4 Å². The lowest BCUT2D eigenvalue weighted by Crippen LogP contribution is -2.44. The van der Waals surface area contributed by atoms with Crippen LogP contribution in [0.15, 0.2) is 0 Å². The van der Waals surface area contributed by atoms with E-state index < -0.39 is 0 Å². The number of likely N-dealkylation sites (tertiary alicyclic amines) is 1.